The van der Waals surface area contributed by atoms with Gasteiger partial charge in [-0.3, -0.25) is 34.3 Å². The minimum Gasteiger partial charge on any atom is -0.465 e. The number of carbonyl (C=O) groups is 4. The molecule has 43 heavy (non-hydrogen) atoms. The molecule has 1 aromatic carbocycles. The number of nitrogens with two attached hydrogens (primary N) is 1. The van der Waals surface area contributed by atoms with Gasteiger partial charge in [-0.2, -0.15) is 4.31 Å². The van der Waals surface area contributed by atoms with Crippen molar-refractivity contribution >= 4 is 73.8 Å². The zero-order valence-electron chi connectivity index (χ0n) is 24.0. The topological polar surface area (TPSA) is 236 Å². The Morgan fingerprint density at radius 2 is 1.84 bits per heavy atom. The SMILES string of the molecule is CCOC(=O)CN(C)C(=O)[C@H](CN(C)S(=O)(=O)c1ccccc1[N+](=O)[O-])NC(=O)[C@H](CCCN=C(N)NPI)NC(C)=O. The van der Waals surface area contributed by atoms with Gasteiger partial charge in [0.2, 0.25) is 27.7 Å². The number of rotatable bonds is 17. The van der Waals surface area contributed by atoms with Gasteiger partial charge < -0.3 is 31.1 Å². The Morgan fingerprint density at radius 3 is 2.42 bits per heavy atom. The summed E-state index contributed by atoms with van der Waals surface area (Å²) in [5.41, 5.74) is 5.02. The molecular formula is C23H36IN8O9PS. The van der Waals surface area contributed by atoms with E-state index in [1.807, 2.05) is 0 Å². The van der Waals surface area contributed by atoms with Gasteiger partial charge in [0, 0.05) is 46.5 Å². The molecule has 17 nitrogen and oxygen atoms in total. The lowest BCUT2D eigenvalue weighted by Crippen LogP contribution is -2.57. The molecule has 0 spiro atoms. The number of aliphatic imine (C=N–C) groups is 1. The summed E-state index contributed by atoms with van der Waals surface area (Å²) < 4.78 is 32.2. The van der Waals surface area contributed by atoms with Gasteiger partial charge in [-0.15, -0.1) is 0 Å². The molecule has 0 aliphatic rings. The third kappa shape index (κ3) is 12.5. The second-order valence-corrected chi connectivity index (χ2v) is 13.0. The molecule has 1 rings (SSSR count). The smallest absolute Gasteiger partial charge is 0.325 e. The number of hydrogen-bond acceptors (Lipinski definition) is 10. The van der Waals surface area contributed by atoms with Crippen molar-refractivity contribution in [1.29, 1.82) is 0 Å². The van der Waals surface area contributed by atoms with Crippen molar-refractivity contribution in [3.05, 3.63) is 34.4 Å². The van der Waals surface area contributed by atoms with Crippen molar-refractivity contribution in [3.63, 3.8) is 0 Å². The van der Waals surface area contributed by atoms with E-state index in [4.69, 9.17) is 10.5 Å². The first-order valence-corrected chi connectivity index (χ1v) is 18.3. The molecule has 0 saturated heterocycles. The van der Waals surface area contributed by atoms with Gasteiger partial charge in [0.05, 0.1) is 11.5 Å². The van der Waals surface area contributed by atoms with Crippen molar-refractivity contribution in [2.24, 2.45) is 10.7 Å². The largest absolute Gasteiger partial charge is 0.465 e. The molecular weight excluding hydrogens is 722 g/mol. The monoisotopic (exact) mass is 758 g/mol. The minimum absolute atomic E-state index is 0.0560. The number of nitrogens with zero attached hydrogens (tertiary/aromatic N) is 4. The fraction of sp³-hybridized carbons (Fsp3) is 0.522. The lowest BCUT2D eigenvalue weighted by molar-refractivity contribution is -0.387. The van der Waals surface area contributed by atoms with Gasteiger partial charge in [0.15, 0.2) is 10.9 Å². The minimum atomic E-state index is -4.53. The van der Waals surface area contributed by atoms with Crippen LogP contribution in [0.3, 0.4) is 0 Å². The molecule has 0 fully saturated rings. The highest BCUT2D eigenvalue weighted by Crippen LogP contribution is 2.25. The number of hydrogen-bond donors (Lipinski definition) is 4. The summed E-state index contributed by atoms with van der Waals surface area (Å²) >= 11 is 2.08. The third-order valence-electron chi connectivity index (χ3n) is 5.65. The molecule has 0 heterocycles. The molecule has 0 aliphatic carbocycles. The van der Waals surface area contributed by atoms with E-state index in [-0.39, 0.29) is 25.5 Å². The van der Waals surface area contributed by atoms with Crippen LogP contribution in [0.5, 0.6) is 0 Å². The van der Waals surface area contributed by atoms with E-state index in [2.05, 4.69) is 42.8 Å². The van der Waals surface area contributed by atoms with Crippen LogP contribution in [0, 0.1) is 10.1 Å². The van der Waals surface area contributed by atoms with Crippen molar-refractivity contribution in [2.75, 3.05) is 40.3 Å². The summed E-state index contributed by atoms with van der Waals surface area (Å²) in [6.07, 6.45) is 0.722. The van der Waals surface area contributed by atoms with Crippen molar-refractivity contribution < 1.29 is 37.3 Å². The lowest BCUT2D eigenvalue weighted by atomic mass is 10.1. The van der Waals surface area contributed by atoms with Crippen molar-refractivity contribution in [1.82, 2.24) is 24.9 Å². The second-order valence-electron chi connectivity index (χ2n) is 8.95. The Kier molecular flexibility index (Phi) is 16.3. The summed E-state index contributed by atoms with van der Waals surface area (Å²) in [5.74, 6) is -2.72. The van der Waals surface area contributed by atoms with E-state index in [1.165, 1.54) is 26.1 Å². The van der Waals surface area contributed by atoms with Crippen LogP contribution >= 0.6 is 28.4 Å². The standard InChI is InChI=1S/C23H36IN8O9PS/c1-5-41-20(34)14-30(3)22(36)17(13-31(4)43(39,40)19-11-7-6-10-18(19)32(37)38)28-21(35)16(27-15(2)33)9-8-12-26-23(25)29-42-24/h6-7,10-11,16-17,42H,5,8-9,12-14H2,1-4H3,(H,27,33)(H,28,35)(H3,25,26,29)/t16-,17-/m0/s1. The van der Waals surface area contributed by atoms with E-state index in [1.54, 1.807) is 6.92 Å². The van der Waals surface area contributed by atoms with E-state index in [9.17, 15) is 37.7 Å². The first-order valence-electron chi connectivity index (χ1n) is 12.7. The number of nitro groups is 1. The van der Waals surface area contributed by atoms with Crippen LogP contribution in [0.2, 0.25) is 0 Å². The Hall–Kier alpha value is -3.16. The molecule has 1 aromatic rings. The average molecular weight is 759 g/mol. The highest BCUT2D eigenvalue weighted by Gasteiger charge is 2.35. The summed E-state index contributed by atoms with van der Waals surface area (Å²) in [7, 11) is -2.19. The molecule has 0 radical (unpaired) electrons. The van der Waals surface area contributed by atoms with Gasteiger partial charge in [-0.05, 0) is 47.9 Å². The maximum absolute atomic E-state index is 13.4. The molecule has 3 amide bonds. The highest BCUT2D eigenvalue weighted by atomic mass is 127. The van der Waals surface area contributed by atoms with Crippen LogP contribution in [0.1, 0.15) is 26.7 Å². The van der Waals surface area contributed by atoms with Crippen LogP contribution in [-0.2, 0) is 33.9 Å². The first-order chi connectivity index (χ1) is 20.1. The number of ether oxygens (including phenoxy) is 1. The Labute approximate surface area is 264 Å². The predicted molar refractivity (Wildman–Crippen MR) is 168 cm³/mol. The molecule has 0 saturated carbocycles. The molecule has 0 aliphatic heterocycles. The van der Waals surface area contributed by atoms with Crippen LogP contribution in [0.25, 0.3) is 0 Å². The number of para-hydroxylation sites is 1. The first kappa shape index (κ1) is 37.9. The Bertz CT molecular complexity index is 1300. The fourth-order valence-corrected chi connectivity index (χ4v) is 5.99. The number of nitro benzene ring substituents is 1. The van der Waals surface area contributed by atoms with Gasteiger partial charge >= 0.3 is 5.97 Å². The number of sulfonamides is 1. The quantitative estimate of drug-likeness (QED) is 0.0238. The maximum atomic E-state index is 13.4. The summed E-state index contributed by atoms with van der Waals surface area (Å²) in [6, 6.07) is 1.98. The average Bonchev–Trinajstić information content (AvgIpc) is 2.93. The predicted octanol–water partition coefficient (Wildman–Crippen LogP) is -0.146. The molecule has 5 N–H and O–H groups in total. The number of nitrogens with one attached hydrogen (secondary N) is 3. The van der Waals surface area contributed by atoms with E-state index in [0.29, 0.717) is 17.1 Å². The number of amides is 3. The molecule has 0 bridgehead atoms. The normalized spacial score (nSPS) is 13.3. The van der Waals surface area contributed by atoms with Crippen LogP contribution in [0.15, 0.2) is 34.2 Å². The summed E-state index contributed by atoms with van der Waals surface area (Å²) in [4.78, 5) is 65.5. The van der Waals surface area contributed by atoms with E-state index < -0.39 is 74.4 Å². The Morgan fingerprint density at radius 1 is 1.19 bits per heavy atom. The Balaban J connectivity index is 3.30. The molecule has 20 heteroatoms. The van der Waals surface area contributed by atoms with Crippen LogP contribution in [-0.4, -0.2) is 105 Å². The number of likely N-dealkylation sites (N-methyl/N-ethyl adjacent to an activating group) is 2. The molecule has 0 aromatic heterocycles. The molecule has 3 atom stereocenters. The van der Waals surface area contributed by atoms with Crippen LogP contribution < -0.4 is 21.5 Å². The number of esters is 1. The molecule has 240 valence electrons. The molecule has 1 unspecified atom stereocenters. The van der Waals surface area contributed by atoms with Crippen molar-refractivity contribution in [2.45, 2.75) is 43.7 Å². The van der Waals surface area contributed by atoms with Crippen molar-refractivity contribution in [3.8, 4) is 0 Å². The second kappa shape index (κ2) is 18.5. The highest BCUT2D eigenvalue weighted by molar-refractivity contribution is 14.2. The van der Waals surface area contributed by atoms with Crippen LogP contribution in [0.4, 0.5) is 5.69 Å². The van der Waals surface area contributed by atoms with E-state index >= 15 is 0 Å². The zero-order chi connectivity index (χ0) is 32.7. The maximum Gasteiger partial charge on any atom is 0.325 e. The van der Waals surface area contributed by atoms with Gasteiger partial charge in [-0.25, -0.2) is 8.42 Å². The van der Waals surface area contributed by atoms with Gasteiger partial charge in [-0.1, -0.05) is 12.1 Å². The zero-order valence-corrected chi connectivity index (χ0v) is 28.0. The lowest BCUT2D eigenvalue weighted by Gasteiger charge is -2.29. The van der Waals surface area contributed by atoms with E-state index in [0.717, 1.165) is 24.1 Å². The summed E-state index contributed by atoms with van der Waals surface area (Å²) in [5, 5.41) is 19.3. The summed E-state index contributed by atoms with van der Waals surface area (Å²) in [6.45, 7) is 1.89. The number of benzene rings is 1. The number of carbonyl (C=O) groups excluding carboxylic acids is 4. The third-order valence-corrected chi connectivity index (χ3v) is 8.69. The fourth-order valence-electron chi connectivity index (χ4n) is 3.65. The van der Waals surface area contributed by atoms with Gasteiger partial charge in [0.25, 0.3) is 5.69 Å². The number of halogens is 1. The number of guanidine groups is 1. The van der Waals surface area contributed by atoms with Gasteiger partial charge in [0.1, 0.15) is 18.6 Å².